The lowest BCUT2D eigenvalue weighted by molar-refractivity contribution is 0.253. The van der Waals surface area contributed by atoms with Crippen molar-refractivity contribution in [2.24, 2.45) is 5.92 Å². The van der Waals surface area contributed by atoms with E-state index in [1.807, 2.05) is 25.1 Å². The van der Waals surface area contributed by atoms with Gasteiger partial charge >= 0.3 is 0 Å². The first kappa shape index (κ1) is 13.8. The minimum absolute atomic E-state index is 0.382. The highest BCUT2D eigenvalue weighted by Crippen LogP contribution is 2.20. The number of aryl methyl sites for hydroxylation is 1. The molecule has 1 N–H and O–H groups in total. The summed E-state index contributed by atoms with van der Waals surface area (Å²) < 4.78 is 0. The zero-order valence-electron chi connectivity index (χ0n) is 11.8. The zero-order chi connectivity index (χ0) is 13.7. The van der Waals surface area contributed by atoms with E-state index in [-0.39, 0.29) is 0 Å². The molecule has 1 aromatic heterocycles. The maximum atomic E-state index is 8.74. The molecule has 0 spiro atoms. The molecule has 0 aliphatic carbocycles. The Kier molecular flexibility index (Phi) is 4.75. The first-order valence-corrected chi connectivity index (χ1v) is 6.97. The Labute approximate surface area is 115 Å². The molecule has 1 fully saturated rings. The van der Waals surface area contributed by atoms with Crippen LogP contribution in [0.3, 0.4) is 0 Å². The van der Waals surface area contributed by atoms with Crippen molar-refractivity contribution < 1.29 is 0 Å². The summed E-state index contributed by atoms with van der Waals surface area (Å²) in [5, 5.41) is 12.2. The predicted octanol–water partition coefficient (Wildman–Crippen LogP) is 2.43. The Balaban J connectivity index is 1.78. The summed E-state index contributed by atoms with van der Waals surface area (Å²) in [7, 11) is 0. The molecule has 0 unspecified atom stereocenters. The first-order chi connectivity index (χ1) is 9.19. The van der Waals surface area contributed by atoms with Crippen molar-refractivity contribution in [3.05, 3.63) is 23.9 Å². The minimum atomic E-state index is 0.382. The van der Waals surface area contributed by atoms with Gasteiger partial charge in [-0.1, -0.05) is 6.07 Å². The van der Waals surface area contributed by atoms with Gasteiger partial charge in [-0.2, -0.15) is 5.26 Å². The number of hydrogen-bond acceptors (Lipinski definition) is 4. The maximum Gasteiger partial charge on any atom is 0.126 e. The summed E-state index contributed by atoms with van der Waals surface area (Å²) in [5.74, 6) is 1.62. The lowest BCUT2D eigenvalue weighted by Gasteiger charge is -2.22. The quantitative estimate of drug-likeness (QED) is 0.881. The van der Waals surface area contributed by atoms with E-state index in [0.717, 1.165) is 31.1 Å². The molecule has 1 aromatic rings. The fourth-order valence-corrected chi connectivity index (χ4v) is 2.58. The molecule has 1 saturated heterocycles. The lowest BCUT2D eigenvalue weighted by Crippen LogP contribution is -2.31. The van der Waals surface area contributed by atoms with Crippen molar-refractivity contribution in [1.82, 2.24) is 9.88 Å². The van der Waals surface area contributed by atoms with Gasteiger partial charge in [0.05, 0.1) is 12.5 Å². The molecule has 4 heteroatoms. The molecular weight excluding hydrogens is 236 g/mol. The van der Waals surface area contributed by atoms with Crippen LogP contribution >= 0.6 is 0 Å². The Morgan fingerprint density at radius 1 is 1.58 bits per heavy atom. The van der Waals surface area contributed by atoms with Crippen LogP contribution in [0.1, 0.15) is 25.5 Å². The molecule has 2 heterocycles. The van der Waals surface area contributed by atoms with Gasteiger partial charge in [0.1, 0.15) is 5.82 Å². The average Bonchev–Trinajstić information content (AvgIpc) is 2.86. The van der Waals surface area contributed by atoms with Gasteiger partial charge in [-0.3, -0.25) is 4.90 Å². The van der Waals surface area contributed by atoms with E-state index in [4.69, 9.17) is 5.26 Å². The summed E-state index contributed by atoms with van der Waals surface area (Å²) in [6, 6.07) is 8.68. The van der Waals surface area contributed by atoms with Gasteiger partial charge in [0.2, 0.25) is 0 Å². The molecule has 2 atom stereocenters. The fourth-order valence-electron chi connectivity index (χ4n) is 2.58. The number of likely N-dealkylation sites (tertiary alicyclic amines) is 1. The summed E-state index contributed by atoms with van der Waals surface area (Å²) in [4.78, 5) is 6.87. The number of pyridine rings is 1. The minimum Gasteiger partial charge on any atom is -0.370 e. The number of nitrogens with zero attached hydrogens (tertiary/aromatic N) is 3. The zero-order valence-corrected chi connectivity index (χ0v) is 11.8. The Hall–Kier alpha value is -1.60. The van der Waals surface area contributed by atoms with Crippen LogP contribution in [-0.2, 0) is 0 Å². The van der Waals surface area contributed by atoms with Crippen molar-refractivity contribution in [2.45, 2.75) is 32.7 Å². The Morgan fingerprint density at radius 2 is 2.42 bits per heavy atom. The summed E-state index contributed by atoms with van der Waals surface area (Å²) >= 11 is 0. The largest absolute Gasteiger partial charge is 0.370 e. The monoisotopic (exact) mass is 258 g/mol. The Bertz CT molecular complexity index is 452. The normalized spacial score (nSPS) is 21.0. The highest BCUT2D eigenvalue weighted by atomic mass is 15.2. The van der Waals surface area contributed by atoms with E-state index in [1.165, 1.54) is 6.42 Å². The van der Waals surface area contributed by atoms with E-state index < -0.39 is 0 Å². The smallest absolute Gasteiger partial charge is 0.126 e. The van der Waals surface area contributed by atoms with E-state index in [2.05, 4.69) is 28.2 Å². The number of nitriles is 1. The second kappa shape index (κ2) is 6.53. The third kappa shape index (κ3) is 3.93. The number of hydrogen-bond donors (Lipinski definition) is 1. The van der Waals surface area contributed by atoms with Crippen LogP contribution < -0.4 is 5.32 Å². The molecule has 2 rings (SSSR count). The molecule has 0 aromatic carbocycles. The molecule has 0 saturated carbocycles. The predicted molar refractivity (Wildman–Crippen MR) is 76.8 cm³/mol. The second-order valence-electron chi connectivity index (χ2n) is 5.41. The number of anilines is 1. The van der Waals surface area contributed by atoms with Crippen molar-refractivity contribution in [3.8, 4) is 6.07 Å². The van der Waals surface area contributed by atoms with E-state index >= 15 is 0 Å². The molecule has 102 valence electrons. The molecule has 0 amide bonds. The first-order valence-electron chi connectivity index (χ1n) is 6.97. The molecule has 0 radical (unpaired) electrons. The van der Waals surface area contributed by atoms with Crippen molar-refractivity contribution >= 4 is 5.82 Å². The third-order valence-corrected chi connectivity index (χ3v) is 3.79. The SMILES string of the molecule is Cc1cccc(NC[C@@H]2CCN([C@H](C)CC#N)C2)n1. The van der Waals surface area contributed by atoms with Gasteiger partial charge in [-0.25, -0.2) is 4.98 Å². The average molecular weight is 258 g/mol. The lowest BCUT2D eigenvalue weighted by atomic mass is 10.1. The topological polar surface area (TPSA) is 52.0 Å². The van der Waals surface area contributed by atoms with Crippen LogP contribution in [-0.4, -0.2) is 35.6 Å². The number of aromatic nitrogens is 1. The van der Waals surface area contributed by atoms with Gasteiger partial charge in [0.15, 0.2) is 0 Å². The highest BCUT2D eigenvalue weighted by Gasteiger charge is 2.25. The summed E-state index contributed by atoms with van der Waals surface area (Å²) in [6.07, 6.45) is 1.83. The number of rotatable bonds is 5. The molecule has 19 heavy (non-hydrogen) atoms. The third-order valence-electron chi connectivity index (χ3n) is 3.79. The van der Waals surface area contributed by atoms with E-state index in [1.54, 1.807) is 0 Å². The van der Waals surface area contributed by atoms with Crippen LogP contribution in [0.2, 0.25) is 0 Å². The van der Waals surface area contributed by atoms with Crippen LogP contribution in [0, 0.1) is 24.2 Å². The second-order valence-corrected chi connectivity index (χ2v) is 5.41. The van der Waals surface area contributed by atoms with Crippen molar-refractivity contribution in [3.63, 3.8) is 0 Å². The van der Waals surface area contributed by atoms with Crippen LogP contribution in [0.15, 0.2) is 18.2 Å². The van der Waals surface area contributed by atoms with E-state index in [0.29, 0.717) is 18.4 Å². The van der Waals surface area contributed by atoms with Gasteiger partial charge in [-0.15, -0.1) is 0 Å². The van der Waals surface area contributed by atoms with E-state index in [9.17, 15) is 0 Å². The fraction of sp³-hybridized carbons (Fsp3) is 0.600. The number of nitrogens with one attached hydrogen (secondary N) is 1. The molecule has 4 nitrogen and oxygen atoms in total. The standard InChI is InChI=1S/C15H22N4/c1-12-4-3-5-15(18-12)17-10-14-7-9-19(11-14)13(2)6-8-16/h3-5,13-14H,6-7,9-11H2,1-2H3,(H,17,18)/t13-,14+/m1/s1. The summed E-state index contributed by atoms with van der Waals surface area (Å²) in [6.45, 7) is 7.30. The van der Waals surface area contributed by atoms with Crippen LogP contribution in [0.25, 0.3) is 0 Å². The van der Waals surface area contributed by atoms with Crippen LogP contribution in [0.4, 0.5) is 5.82 Å². The molecule has 1 aliphatic heterocycles. The van der Waals surface area contributed by atoms with Crippen LogP contribution in [0.5, 0.6) is 0 Å². The van der Waals surface area contributed by atoms with Gasteiger partial charge in [-0.05, 0) is 44.9 Å². The molecular formula is C15H22N4. The Morgan fingerprint density at radius 3 is 3.16 bits per heavy atom. The van der Waals surface area contributed by atoms with Gasteiger partial charge in [0, 0.05) is 24.8 Å². The van der Waals surface area contributed by atoms with Crippen molar-refractivity contribution in [2.75, 3.05) is 25.0 Å². The molecule has 1 aliphatic rings. The molecule has 0 bridgehead atoms. The summed E-state index contributed by atoms with van der Waals surface area (Å²) in [5.41, 5.74) is 1.04. The highest BCUT2D eigenvalue weighted by molar-refractivity contribution is 5.35. The maximum absolute atomic E-state index is 8.74. The van der Waals surface area contributed by atoms with Gasteiger partial charge < -0.3 is 5.32 Å². The van der Waals surface area contributed by atoms with Crippen molar-refractivity contribution in [1.29, 1.82) is 5.26 Å². The van der Waals surface area contributed by atoms with Gasteiger partial charge in [0.25, 0.3) is 0 Å².